The lowest BCUT2D eigenvalue weighted by Gasteiger charge is -2.39. The molecule has 1 aliphatic carbocycles. The third-order valence-electron chi connectivity index (χ3n) is 6.83. The van der Waals surface area contributed by atoms with Crippen LogP contribution in [0.1, 0.15) is 61.9 Å². The van der Waals surface area contributed by atoms with Crippen LogP contribution >= 0.6 is 23.1 Å². The van der Waals surface area contributed by atoms with Crippen LogP contribution < -0.4 is 0 Å². The maximum atomic E-state index is 13.8. The van der Waals surface area contributed by atoms with E-state index in [9.17, 15) is 14.4 Å². The summed E-state index contributed by atoms with van der Waals surface area (Å²) in [6.45, 7) is 2.78. The van der Waals surface area contributed by atoms with E-state index < -0.39 is 6.04 Å². The summed E-state index contributed by atoms with van der Waals surface area (Å²) in [4.78, 5) is 44.8. The number of fused-ring (bicyclic) bond motifs is 2. The van der Waals surface area contributed by atoms with Crippen LogP contribution in [0.4, 0.5) is 0 Å². The van der Waals surface area contributed by atoms with Gasteiger partial charge in [-0.25, -0.2) is 0 Å². The summed E-state index contributed by atoms with van der Waals surface area (Å²) in [6.07, 6.45) is 7.83. The number of rotatable bonds is 6. The highest BCUT2D eigenvalue weighted by Crippen LogP contribution is 2.41. The van der Waals surface area contributed by atoms with Gasteiger partial charge in [-0.15, -0.1) is 11.3 Å². The minimum atomic E-state index is -0.651. The Bertz CT molecular complexity index is 769. The lowest BCUT2D eigenvalue weighted by atomic mass is 9.81. The van der Waals surface area contributed by atoms with Crippen molar-refractivity contribution in [3.63, 3.8) is 0 Å². The van der Waals surface area contributed by atoms with E-state index in [4.69, 9.17) is 0 Å². The van der Waals surface area contributed by atoms with E-state index in [1.165, 1.54) is 15.3 Å². The van der Waals surface area contributed by atoms with Crippen molar-refractivity contribution in [2.24, 2.45) is 11.8 Å². The molecule has 0 spiro atoms. The average molecular weight is 435 g/mol. The fourth-order valence-corrected chi connectivity index (χ4v) is 6.77. The van der Waals surface area contributed by atoms with E-state index in [2.05, 4.69) is 18.4 Å². The zero-order chi connectivity index (χ0) is 20.5. The van der Waals surface area contributed by atoms with Crippen molar-refractivity contribution in [1.29, 1.82) is 0 Å². The van der Waals surface area contributed by atoms with Gasteiger partial charge < -0.3 is 4.90 Å². The number of carbonyl (C=O) groups is 3. The van der Waals surface area contributed by atoms with Crippen LogP contribution in [-0.2, 0) is 20.8 Å². The summed E-state index contributed by atoms with van der Waals surface area (Å²) in [5, 5.41) is 2.10. The van der Waals surface area contributed by atoms with Gasteiger partial charge in [0.15, 0.2) is 0 Å². The Hall–Kier alpha value is -1.34. The molecule has 158 valence electrons. The first-order valence-corrected chi connectivity index (χ1v) is 13.1. The quantitative estimate of drug-likeness (QED) is 0.638. The van der Waals surface area contributed by atoms with Crippen molar-refractivity contribution in [3.05, 3.63) is 21.9 Å². The summed E-state index contributed by atoms with van der Waals surface area (Å²) in [5.41, 5.74) is 1.24. The van der Waals surface area contributed by atoms with Crippen LogP contribution in [0.25, 0.3) is 0 Å². The highest BCUT2D eigenvalue weighted by Gasteiger charge is 2.52. The summed E-state index contributed by atoms with van der Waals surface area (Å²) >= 11 is 3.42. The lowest BCUT2D eigenvalue weighted by Crippen LogP contribution is -2.53. The zero-order valence-electron chi connectivity index (χ0n) is 17.3. The van der Waals surface area contributed by atoms with E-state index in [0.29, 0.717) is 13.0 Å². The van der Waals surface area contributed by atoms with Crippen LogP contribution in [0.15, 0.2) is 11.4 Å². The minimum absolute atomic E-state index is 0.0388. The molecule has 4 rings (SSSR count). The molecule has 0 radical (unpaired) electrons. The van der Waals surface area contributed by atoms with Gasteiger partial charge >= 0.3 is 0 Å². The summed E-state index contributed by atoms with van der Waals surface area (Å²) in [6, 6.07) is 1.53. The van der Waals surface area contributed by atoms with Gasteiger partial charge in [0.1, 0.15) is 6.04 Å². The number of hydrogen-bond acceptors (Lipinski definition) is 5. The van der Waals surface area contributed by atoms with Crippen LogP contribution in [0.3, 0.4) is 0 Å². The summed E-state index contributed by atoms with van der Waals surface area (Å²) < 4.78 is 0. The molecule has 3 amide bonds. The van der Waals surface area contributed by atoms with Gasteiger partial charge in [0.2, 0.25) is 17.7 Å². The Morgan fingerprint density at radius 1 is 1.24 bits per heavy atom. The lowest BCUT2D eigenvalue weighted by molar-refractivity contribution is -0.153. The topological polar surface area (TPSA) is 57.7 Å². The van der Waals surface area contributed by atoms with Gasteiger partial charge in [-0.05, 0) is 61.1 Å². The Morgan fingerprint density at radius 2 is 1.93 bits per heavy atom. The second-order valence-electron chi connectivity index (χ2n) is 8.35. The van der Waals surface area contributed by atoms with E-state index in [-0.39, 0.29) is 35.6 Å². The molecular formula is C22H30N2O3S2. The fraction of sp³-hybridized carbons (Fsp3) is 0.682. The van der Waals surface area contributed by atoms with Gasteiger partial charge in [-0.2, -0.15) is 11.8 Å². The molecule has 4 unspecified atom stereocenters. The molecule has 0 aromatic carbocycles. The number of hydrogen-bond donors (Lipinski definition) is 0. The number of thiophene rings is 1. The number of amides is 3. The predicted molar refractivity (Wildman–Crippen MR) is 117 cm³/mol. The van der Waals surface area contributed by atoms with Crippen LogP contribution in [-0.4, -0.2) is 52.1 Å². The molecular weight excluding hydrogens is 404 g/mol. The van der Waals surface area contributed by atoms with Crippen molar-refractivity contribution >= 4 is 40.8 Å². The Kier molecular flexibility index (Phi) is 6.35. The van der Waals surface area contributed by atoms with Crippen LogP contribution in [0.5, 0.6) is 0 Å². The monoisotopic (exact) mass is 434 g/mol. The Labute approximate surface area is 181 Å². The number of thioether (sulfide) groups is 1. The second-order valence-corrected chi connectivity index (χ2v) is 10.3. The highest BCUT2D eigenvalue weighted by molar-refractivity contribution is 7.98. The van der Waals surface area contributed by atoms with Crippen molar-refractivity contribution in [3.8, 4) is 0 Å². The van der Waals surface area contributed by atoms with Crippen molar-refractivity contribution in [2.75, 3.05) is 18.6 Å². The zero-order valence-corrected chi connectivity index (χ0v) is 18.9. The molecule has 4 atom stereocenters. The molecule has 29 heavy (non-hydrogen) atoms. The second kappa shape index (κ2) is 8.80. The third-order valence-corrected chi connectivity index (χ3v) is 8.47. The molecule has 1 saturated carbocycles. The molecule has 1 aromatic heterocycles. The van der Waals surface area contributed by atoms with Gasteiger partial charge in [0.25, 0.3) is 0 Å². The summed E-state index contributed by atoms with van der Waals surface area (Å²) in [7, 11) is 0. The first kappa shape index (κ1) is 20.9. The molecule has 1 aromatic rings. The maximum Gasteiger partial charge on any atom is 0.246 e. The van der Waals surface area contributed by atoms with E-state index in [0.717, 1.165) is 44.3 Å². The van der Waals surface area contributed by atoms with Gasteiger partial charge in [0.05, 0.1) is 17.9 Å². The van der Waals surface area contributed by atoms with E-state index >= 15 is 0 Å². The first-order valence-electron chi connectivity index (χ1n) is 10.8. The van der Waals surface area contributed by atoms with E-state index in [1.54, 1.807) is 23.1 Å². The van der Waals surface area contributed by atoms with E-state index in [1.807, 2.05) is 11.2 Å². The molecule has 1 saturated heterocycles. The largest absolute Gasteiger partial charge is 0.333 e. The minimum Gasteiger partial charge on any atom is -0.333 e. The molecule has 2 fully saturated rings. The Balaban J connectivity index is 1.62. The molecule has 2 aliphatic heterocycles. The standard InChI is InChI=1S/C22H30N2O3S2/c1-3-17-16-9-13-29-19(16)8-11-23(17)22(27)18(10-12-28-2)24-20(25)14-6-4-5-7-15(14)21(24)26/h9,13-15,17-18H,3-8,10-12H2,1-2H3. The normalized spacial score (nSPS) is 27.7. The maximum absolute atomic E-state index is 13.8. The molecule has 0 bridgehead atoms. The fourth-order valence-electron chi connectivity index (χ4n) is 5.38. The number of imide groups is 1. The molecule has 3 heterocycles. The average Bonchev–Trinajstić information content (AvgIpc) is 3.32. The first-order chi connectivity index (χ1) is 14.1. The molecule has 0 N–H and O–H groups in total. The smallest absolute Gasteiger partial charge is 0.246 e. The number of likely N-dealkylation sites (tertiary alicyclic amines) is 1. The molecule has 7 heteroatoms. The van der Waals surface area contributed by atoms with Crippen molar-refractivity contribution in [2.45, 2.75) is 64.0 Å². The molecule has 5 nitrogen and oxygen atoms in total. The number of carbonyl (C=O) groups excluding carboxylic acids is 3. The predicted octanol–water partition coefficient (Wildman–Crippen LogP) is 3.88. The van der Waals surface area contributed by atoms with Crippen LogP contribution in [0.2, 0.25) is 0 Å². The molecule has 3 aliphatic rings. The van der Waals surface area contributed by atoms with Crippen molar-refractivity contribution in [1.82, 2.24) is 9.80 Å². The third kappa shape index (κ3) is 3.65. The van der Waals surface area contributed by atoms with Gasteiger partial charge in [0, 0.05) is 11.4 Å². The highest BCUT2D eigenvalue weighted by atomic mass is 32.2. The van der Waals surface area contributed by atoms with Crippen molar-refractivity contribution < 1.29 is 14.4 Å². The van der Waals surface area contributed by atoms with Crippen LogP contribution in [0, 0.1) is 11.8 Å². The Morgan fingerprint density at radius 3 is 2.55 bits per heavy atom. The number of nitrogens with zero attached hydrogens (tertiary/aromatic N) is 2. The SMILES string of the molecule is CCC1c2ccsc2CCN1C(=O)C(CCSC)N1C(=O)C2CCCCC2C1=O. The summed E-state index contributed by atoms with van der Waals surface area (Å²) in [5.74, 6) is 0.126. The van der Waals surface area contributed by atoms with Gasteiger partial charge in [-0.1, -0.05) is 19.8 Å². The van der Waals surface area contributed by atoms with Gasteiger partial charge in [-0.3, -0.25) is 19.3 Å².